The number of non-ortho nitro benzene ring substituents is 1. The van der Waals surface area contributed by atoms with E-state index in [1.807, 2.05) is 13.8 Å². The van der Waals surface area contributed by atoms with Crippen molar-refractivity contribution >= 4 is 27.0 Å². The molecule has 1 aliphatic rings. The highest BCUT2D eigenvalue weighted by molar-refractivity contribution is 6.31. The first-order valence-electron chi connectivity index (χ1n) is 8.22. The lowest BCUT2D eigenvalue weighted by molar-refractivity contribution is -0.384. The summed E-state index contributed by atoms with van der Waals surface area (Å²) in [6, 6.07) is 6.12. The van der Waals surface area contributed by atoms with Gasteiger partial charge in [0, 0.05) is 24.2 Å². The van der Waals surface area contributed by atoms with Crippen LogP contribution in [-0.2, 0) is 9.22 Å². The van der Waals surface area contributed by atoms with E-state index in [4.69, 9.17) is 4.43 Å². The van der Waals surface area contributed by atoms with Crippen molar-refractivity contribution in [2.75, 3.05) is 4.90 Å². The van der Waals surface area contributed by atoms with E-state index in [1.165, 1.54) is 12.1 Å². The number of amides is 1. The molecule has 1 heterocycles. The summed E-state index contributed by atoms with van der Waals surface area (Å²) >= 11 is 0. The summed E-state index contributed by atoms with van der Waals surface area (Å²) in [5, 5.41) is 11.0. The molecule has 1 saturated heterocycles. The van der Waals surface area contributed by atoms with E-state index >= 15 is 0 Å². The van der Waals surface area contributed by atoms with Crippen molar-refractivity contribution in [2.45, 2.75) is 64.1 Å². The lowest BCUT2D eigenvalue weighted by atomic mass is 9.96. The van der Waals surface area contributed by atoms with Crippen molar-refractivity contribution in [3.8, 4) is 0 Å². The van der Waals surface area contributed by atoms with Gasteiger partial charge in [-0.2, -0.15) is 0 Å². The maximum absolute atomic E-state index is 12.4. The molecule has 0 N–H and O–H groups in total. The fourth-order valence-electron chi connectivity index (χ4n) is 2.90. The minimum Gasteiger partial charge on any atom is -0.416 e. The van der Waals surface area contributed by atoms with Crippen molar-refractivity contribution < 1.29 is 14.1 Å². The number of carbonyl (C=O) groups excluding carboxylic acids is 1. The number of nitro benzene ring substituents is 1. The van der Waals surface area contributed by atoms with Gasteiger partial charge in [0.15, 0.2) is 9.76 Å². The van der Waals surface area contributed by atoms with Crippen LogP contribution < -0.4 is 4.90 Å². The standard InChI is InChI=1S/C17H26N2O4Si/c1-16(2,3)24-23-17(4,5)14-10-11-15(20)18(14)12-6-8-13(9-7-12)19(21)22/h6-9,14H,10-11,24H2,1-5H3. The third-order valence-corrected chi connectivity index (χ3v) is 5.98. The first-order valence-corrected chi connectivity index (χ1v) is 9.50. The molecule has 1 aliphatic heterocycles. The van der Waals surface area contributed by atoms with E-state index in [9.17, 15) is 14.9 Å². The fraction of sp³-hybridized carbons (Fsp3) is 0.588. The SMILES string of the molecule is CC(C)(C)[SiH2]OC(C)(C)C1CCC(=O)N1c1ccc([N+](=O)[O-])cc1. The summed E-state index contributed by atoms with van der Waals surface area (Å²) in [4.78, 5) is 24.5. The molecule has 1 aromatic carbocycles. The van der Waals surface area contributed by atoms with Gasteiger partial charge in [-0.05, 0) is 37.4 Å². The van der Waals surface area contributed by atoms with E-state index in [2.05, 4.69) is 20.8 Å². The van der Waals surface area contributed by atoms with Gasteiger partial charge < -0.3 is 9.33 Å². The molecule has 6 nitrogen and oxygen atoms in total. The molecule has 7 heteroatoms. The minimum atomic E-state index is -0.752. The molecule has 1 fully saturated rings. The van der Waals surface area contributed by atoms with Crippen LogP contribution in [0.4, 0.5) is 11.4 Å². The number of rotatable bonds is 5. The van der Waals surface area contributed by atoms with E-state index in [0.717, 1.165) is 6.42 Å². The Bertz CT molecular complexity index is 622. The zero-order valence-corrected chi connectivity index (χ0v) is 16.4. The van der Waals surface area contributed by atoms with E-state index < -0.39 is 20.3 Å². The molecule has 0 radical (unpaired) electrons. The molecule has 132 valence electrons. The van der Waals surface area contributed by atoms with E-state index in [0.29, 0.717) is 12.1 Å². The third kappa shape index (κ3) is 4.21. The number of hydrogen-bond acceptors (Lipinski definition) is 4. The Balaban J connectivity index is 2.23. The van der Waals surface area contributed by atoms with Crippen LogP contribution in [0, 0.1) is 10.1 Å². The number of nitrogens with zero attached hydrogens (tertiary/aromatic N) is 2. The number of hydrogen-bond donors (Lipinski definition) is 0. The second-order valence-electron chi connectivity index (χ2n) is 8.04. The Labute approximate surface area is 145 Å². The molecule has 24 heavy (non-hydrogen) atoms. The maximum atomic E-state index is 12.4. The van der Waals surface area contributed by atoms with Gasteiger partial charge in [-0.3, -0.25) is 14.9 Å². The van der Waals surface area contributed by atoms with Gasteiger partial charge in [0.2, 0.25) is 5.91 Å². The molecule has 1 amide bonds. The number of carbonyl (C=O) groups is 1. The smallest absolute Gasteiger partial charge is 0.269 e. The molecule has 1 atom stereocenters. The average molecular weight is 350 g/mol. The van der Waals surface area contributed by atoms with E-state index in [1.54, 1.807) is 17.0 Å². The molecular weight excluding hydrogens is 324 g/mol. The van der Waals surface area contributed by atoms with Crippen LogP contribution in [0.3, 0.4) is 0 Å². The second-order valence-corrected chi connectivity index (χ2v) is 10.7. The van der Waals surface area contributed by atoms with Crippen molar-refractivity contribution in [3.63, 3.8) is 0 Å². The zero-order valence-electron chi connectivity index (χ0n) is 15.0. The Morgan fingerprint density at radius 1 is 1.21 bits per heavy atom. The number of nitro groups is 1. The Morgan fingerprint density at radius 2 is 1.79 bits per heavy atom. The molecule has 0 aromatic heterocycles. The van der Waals surface area contributed by atoms with Crippen molar-refractivity contribution in [1.29, 1.82) is 0 Å². The van der Waals surface area contributed by atoms with Crippen LogP contribution >= 0.6 is 0 Å². The van der Waals surface area contributed by atoms with Crippen LogP contribution in [0.25, 0.3) is 0 Å². The normalized spacial score (nSPS) is 19.5. The molecule has 0 bridgehead atoms. The van der Waals surface area contributed by atoms with Crippen LogP contribution in [0.2, 0.25) is 5.04 Å². The quantitative estimate of drug-likeness (QED) is 0.464. The number of anilines is 1. The van der Waals surface area contributed by atoms with Gasteiger partial charge in [0.05, 0.1) is 16.6 Å². The molecule has 1 aromatic rings. The highest BCUT2D eigenvalue weighted by Crippen LogP contribution is 2.36. The highest BCUT2D eigenvalue weighted by Gasteiger charge is 2.43. The molecule has 0 saturated carbocycles. The highest BCUT2D eigenvalue weighted by atomic mass is 28.2. The maximum Gasteiger partial charge on any atom is 0.269 e. The van der Waals surface area contributed by atoms with Crippen molar-refractivity contribution in [3.05, 3.63) is 34.4 Å². The van der Waals surface area contributed by atoms with Crippen LogP contribution in [0.15, 0.2) is 24.3 Å². The second kappa shape index (κ2) is 6.64. The molecular formula is C17H26N2O4Si. The predicted octanol–water partition coefficient (Wildman–Crippen LogP) is 3.19. The molecule has 2 rings (SSSR count). The zero-order chi connectivity index (χ0) is 18.1. The number of benzene rings is 1. The Hall–Kier alpha value is -1.73. The monoisotopic (exact) mass is 350 g/mol. The summed E-state index contributed by atoms with van der Waals surface area (Å²) in [7, 11) is -0.752. The summed E-state index contributed by atoms with van der Waals surface area (Å²) in [5.74, 6) is 0.0444. The Kier molecular flexibility index (Phi) is 5.15. The summed E-state index contributed by atoms with van der Waals surface area (Å²) in [6.07, 6.45) is 1.22. The lowest BCUT2D eigenvalue weighted by Gasteiger charge is -2.39. The largest absolute Gasteiger partial charge is 0.416 e. The summed E-state index contributed by atoms with van der Waals surface area (Å²) in [5.41, 5.74) is 0.285. The van der Waals surface area contributed by atoms with Gasteiger partial charge in [-0.1, -0.05) is 20.8 Å². The lowest BCUT2D eigenvalue weighted by Crippen LogP contribution is -2.50. The van der Waals surface area contributed by atoms with Gasteiger partial charge >= 0.3 is 0 Å². The van der Waals surface area contributed by atoms with Gasteiger partial charge in [-0.25, -0.2) is 0 Å². The van der Waals surface area contributed by atoms with Crippen LogP contribution in [0.5, 0.6) is 0 Å². The van der Waals surface area contributed by atoms with Crippen LogP contribution in [0.1, 0.15) is 47.5 Å². The molecule has 1 unspecified atom stereocenters. The Morgan fingerprint density at radius 3 is 2.29 bits per heavy atom. The first-order chi connectivity index (χ1) is 11.0. The predicted molar refractivity (Wildman–Crippen MR) is 97.0 cm³/mol. The van der Waals surface area contributed by atoms with Crippen molar-refractivity contribution in [1.82, 2.24) is 0 Å². The van der Waals surface area contributed by atoms with Gasteiger partial charge in [0.25, 0.3) is 5.69 Å². The van der Waals surface area contributed by atoms with Crippen molar-refractivity contribution in [2.24, 2.45) is 0 Å². The first kappa shape index (κ1) is 18.6. The molecule has 0 spiro atoms. The van der Waals surface area contributed by atoms with Gasteiger partial charge in [0.1, 0.15) is 0 Å². The fourth-order valence-corrected chi connectivity index (χ4v) is 3.90. The molecule has 0 aliphatic carbocycles. The summed E-state index contributed by atoms with van der Waals surface area (Å²) < 4.78 is 6.28. The van der Waals surface area contributed by atoms with Gasteiger partial charge in [-0.15, -0.1) is 0 Å². The average Bonchev–Trinajstić information content (AvgIpc) is 2.87. The van der Waals surface area contributed by atoms with E-state index in [-0.39, 0.29) is 22.7 Å². The third-order valence-electron chi connectivity index (χ3n) is 4.23. The topological polar surface area (TPSA) is 72.7 Å². The minimum absolute atomic E-state index is 0.0256. The summed E-state index contributed by atoms with van der Waals surface area (Å²) in [6.45, 7) is 10.6. The van der Waals surface area contributed by atoms with Crippen LogP contribution in [-0.4, -0.2) is 32.2 Å².